The number of hydrogen-bond acceptors (Lipinski definition) is 3. The standard InChI is InChI=1S/C20H22N4O2/c1-3-13(2)17(23-18(25)14-9-5-4-6-10-14)19(26)24-20-21-15-11-7-8-12-16(15)22-20/h4-13,17H,3H2,1-2H3,(H,23,25)(H2,21,22,24,26)/t13-,17-/m0/s1. The molecule has 3 aromatic rings. The van der Waals surface area contributed by atoms with Crippen LogP contribution in [-0.4, -0.2) is 27.8 Å². The van der Waals surface area contributed by atoms with Gasteiger partial charge in [-0.1, -0.05) is 50.6 Å². The van der Waals surface area contributed by atoms with Crippen LogP contribution >= 0.6 is 0 Å². The molecule has 3 N–H and O–H groups in total. The van der Waals surface area contributed by atoms with Gasteiger partial charge in [0.2, 0.25) is 11.9 Å². The maximum atomic E-state index is 12.8. The number of benzene rings is 2. The largest absolute Gasteiger partial charge is 0.340 e. The van der Waals surface area contributed by atoms with Gasteiger partial charge in [-0.2, -0.15) is 0 Å². The van der Waals surface area contributed by atoms with Crippen LogP contribution in [0.4, 0.5) is 5.95 Å². The van der Waals surface area contributed by atoms with Crippen molar-refractivity contribution in [1.82, 2.24) is 15.3 Å². The molecule has 0 bridgehead atoms. The van der Waals surface area contributed by atoms with Crippen molar-refractivity contribution in [3.05, 3.63) is 60.2 Å². The van der Waals surface area contributed by atoms with Gasteiger partial charge in [0.1, 0.15) is 6.04 Å². The molecule has 0 saturated carbocycles. The summed E-state index contributed by atoms with van der Waals surface area (Å²) in [5.74, 6) is -0.205. The fourth-order valence-corrected chi connectivity index (χ4v) is 2.72. The Labute approximate surface area is 152 Å². The summed E-state index contributed by atoms with van der Waals surface area (Å²) in [5.41, 5.74) is 2.14. The first-order chi connectivity index (χ1) is 12.6. The fourth-order valence-electron chi connectivity index (χ4n) is 2.72. The average molecular weight is 350 g/mol. The Morgan fingerprint density at radius 3 is 2.46 bits per heavy atom. The molecule has 0 spiro atoms. The van der Waals surface area contributed by atoms with Gasteiger partial charge in [-0.3, -0.25) is 14.9 Å². The second-order valence-corrected chi connectivity index (χ2v) is 6.29. The highest BCUT2D eigenvalue weighted by molar-refractivity contribution is 6.01. The SMILES string of the molecule is CC[C@H](C)[C@H](NC(=O)c1ccccc1)C(=O)Nc1nc2ccccc2[nH]1. The number of carbonyl (C=O) groups is 2. The molecule has 26 heavy (non-hydrogen) atoms. The van der Waals surface area contributed by atoms with E-state index in [1.165, 1.54) is 0 Å². The molecule has 0 aliphatic carbocycles. The highest BCUT2D eigenvalue weighted by atomic mass is 16.2. The van der Waals surface area contributed by atoms with Gasteiger partial charge in [0, 0.05) is 5.56 Å². The topological polar surface area (TPSA) is 86.9 Å². The Morgan fingerprint density at radius 2 is 1.77 bits per heavy atom. The molecule has 6 heteroatoms. The van der Waals surface area contributed by atoms with Gasteiger partial charge < -0.3 is 10.3 Å². The number of H-pyrrole nitrogens is 1. The lowest BCUT2D eigenvalue weighted by Crippen LogP contribution is -2.47. The van der Waals surface area contributed by atoms with Gasteiger partial charge in [-0.25, -0.2) is 4.98 Å². The zero-order chi connectivity index (χ0) is 18.5. The van der Waals surface area contributed by atoms with E-state index in [2.05, 4.69) is 20.6 Å². The van der Waals surface area contributed by atoms with Crippen LogP contribution < -0.4 is 10.6 Å². The minimum atomic E-state index is -0.652. The lowest BCUT2D eigenvalue weighted by Gasteiger charge is -2.23. The van der Waals surface area contributed by atoms with Gasteiger partial charge >= 0.3 is 0 Å². The first kappa shape index (κ1) is 17.7. The molecular weight excluding hydrogens is 328 g/mol. The lowest BCUT2D eigenvalue weighted by molar-refractivity contribution is -0.119. The van der Waals surface area contributed by atoms with Crippen LogP contribution in [0.25, 0.3) is 11.0 Å². The number of nitrogens with one attached hydrogen (secondary N) is 3. The van der Waals surface area contributed by atoms with Crippen LogP contribution in [0.3, 0.4) is 0 Å². The van der Waals surface area contributed by atoms with Gasteiger partial charge in [-0.15, -0.1) is 0 Å². The van der Waals surface area contributed by atoms with Crippen molar-refractivity contribution in [2.75, 3.05) is 5.32 Å². The summed E-state index contributed by atoms with van der Waals surface area (Å²) in [4.78, 5) is 32.7. The van der Waals surface area contributed by atoms with E-state index in [0.717, 1.165) is 17.5 Å². The van der Waals surface area contributed by atoms with E-state index < -0.39 is 6.04 Å². The lowest BCUT2D eigenvalue weighted by atomic mass is 9.98. The average Bonchev–Trinajstić information content (AvgIpc) is 3.08. The number of anilines is 1. The first-order valence-corrected chi connectivity index (χ1v) is 8.70. The summed E-state index contributed by atoms with van der Waals surface area (Å²) in [7, 11) is 0. The number of para-hydroxylation sites is 2. The van der Waals surface area contributed by atoms with Crippen LogP contribution in [0.5, 0.6) is 0 Å². The molecule has 0 fully saturated rings. The Balaban J connectivity index is 1.76. The molecule has 0 aliphatic heterocycles. The maximum absolute atomic E-state index is 12.8. The number of imidazole rings is 1. The minimum absolute atomic E-state index is 0.0213. The van der Waals surface area contributed by atoms with Crippen LogP contribution in [0.1, 0.15) is 30.6 Å². The Bertz CT molecular complexity index is 871. The molecule has 0 unspecified atom stereocenters. The van der Waals surface area contributed by atoms with Gasteiger partial charge in [0.15, 0.2) is 0 Å². The van der Waals surface area contributed by atoms with E-state index in [1.54, 1.807) is 24.3 Å². The first-order valence-electron chi connectivity index (χ1n) is 8.70. The molecule has 2 aromatic carbocycles. The number of nitrogens with zero attached hydrogens (tertiary/aromatic N) is 1. The molecule has 6 nitrogen and oxygen atoms in total. The summed E-state index contributed by atoms with van der Waals surface area (Å²) in [6.45, 7) is 3.93. The maximum Gasteiger partial charge on any atom is 0.251 e. The predicted octanol–water partition coefficient (Wildman–Crippen LogP) is 3.35. The van der Waals surface area contributed by atoms with Gasteiger partial charge in [0.25, 0.3) is 5.91 Å². The minimum Gasteiger partial charge on any atom is -0.340 e. The van der Waals surface area contributed by atoms with Crippen LogP contribution in [0.15, 0.2) is 54.6 Å². The van der Waals surface area contributed by atoms with Crippen molar-refractivity contribution < 1.29 is 9.59 Å². The highest BCUT2D eigenvalue weighted by Crippen LogP contribution is 2.15. The van der Waals surface area contributed by atoms with Crippen molar-refractivity contribution in [2.45, 2.75) is 26.3 Å². The summed E-state index contributed by atoms with van der Waals surface area (Å²) in [6.07, 6.45) is 0.757. The third kappa shape index (κ3) is 3.91. The van der Waals surface area contributed by atoms with Crippen LogP contribution in [0.2, 0.25) is 0 Å². The van der Waals surface area contributed by atoms with E-state index in [4.69, 9.17) is 0 Å². The second-order valence-electron chi connectivity index (χ2n) is 6.29. The molecule has 1 heterocycles. The Hall–Kier alpha value is -3.15. The normalized spacial score (nSPS) is 13.2. The van der Waals surface area contributed by atoms with Crippen molar-refractivity contribution in [3.63, 3.8) is 0 Å². The summed E-state index contributed by atoms with van der Waals surface area (Å²) < 4.78 is 0. The molecule has 0 aliphatic rings. The number of hydrogen-bond donors (Lipinski definition) is 3. The van der Waals surface area contributed by atoms with Gasteiger partial charge in [-0.05, 0) is 30.2 Å². The monoisotopic (exact) mass is 350 g/mol. The summed E-state index contributed by atoms with van der Waals surface area (Å²) in [5, 5.41) is 5.63. The quantitative estimate of drug-likeness (QED) is 0.637. The molecule has 1 aromatic heterocycles. The molecule has 3 rings (SSSR count). The summed E-state index contributed by atoms with van der Waals surface area (Å²) in [6, 6.07) is 15.8. The molecular formula is C20H22N4O2. The van der Waals surface area contributed by atoms with Crippen molar-refractivity contribution in [1.29, 1.82) is 0 Å². The zero-order valence-corrected chi connectivity index (χ0v) is 14.8. The molecule has 2 amide bonds. The number of aromatic amines is 1. The van der Waals surface area contributed by atoms with Crippen molar-refractivity contribution in [2.24, 2.45) is 5.92 Å². The third-order valence-corrected chi connectivity index (χ3v) is 4.45. The predicted molar refractivity (Wildman–Crippen MR) is 102 cm³/mol. The number of rotatable bonds is 6. The molecule has 134 valence electrons. The fraction of sp³-hybridized carbons (Fsp3) is 0.250. The molecule has 2 atom stereocenters. The van der Waals surface area contributed by atoms with E-state index in [0.29, 0.717) is 11.5 Å². The number of aromatic nitrogens is 2. The van der Waals surface area contributed by atoms with Crippen molar-refractivity contribution in [3.8, 4) is 0 Å². The van der Waals surface area contributed by atoms with Crippen molar-refractivity contribution >= 4 is 28.8 Å². The Kier molecular flexibility index (Phi) is 5.31. The van der Waals surface area contributed by atoms with Crippen LogP contribution in [-0.2, 0) is 4.79 Å². The highest BCUT2D eigenvalue weighted by Gasteiger charge is 2.27. The van der Waals surface area contributed by atoms with E-state index in [1.807, 2.05) is 44.2 Å². The summed E-state index contributed by atoms with van der Waals surface area (Å²) >= 11 is 0. The smallest absolute Gasteiger partial charge is 0.251 e. The Morgan fingerprint density at radius 1 is 1.08 bits per heavy atom. The van der Waals surface area contributed by atoms with Gasteiger partial charge in [0.05, 0.1) is 11.0 Å². The third-order valence-electron chi connectivity index (χ3n) is 4.45. The number of carbonyl (C=O) groups excluding carboxylic acids is 2. The molecule has 0 saturated heterocycles. The second kappa shape index (κ2) is 7.82. The zero-order valence-electron chi connectivity index (χ0n) is 14.8. The van der Waals surface area contributed by atoms with E-state index in [9.17, 15) is 9.59 Å². The number of fused-ring (bicyclic) bond motifs is 1. The molecule has 0 radical (unpaired) electrons. The van der Waals surface area contributed by atoms with E-state index >= 15 is 0 Å². The number of amides is 2. The van der Waals surface area contributed by atoms with Crippen LogP contribution in [0, 0.1) is 5.92 Å². The van der Waals surface area contributed by atoms with E-state index in [-0.39, 0.29) is 17.7 Å².